The molecule has 0 amide bonds. The summed E-state index contributed by atoms with van der Waals surface area (Å²) < 4.78 is 21.7. The predicted molar refractivity (Wildman–Crippen MR) is 127 cm³/mol. The fraction of sp³-hybridized carbons (Fsp3) is 0.154. The maximum Gasteiger partial charge on any atom is 0.359 e. The number of halogens is 1. The highest BCUT2D eigenvalue weighted by molar-refractivity contribution is 6.06. The normalized spacial score (nSPS) is 11.4. The van der Waals surface area contributed by atoms with Crippen molar-refractivity contribution in [2.45, 2.75) is 13.5 Å². The number of nitrogens with zero attached hydrogens (tertiary/aromatic N) is 2. The van der Waals surface area contributed by atoms with Crippen LogP contribution in [0.3, 0.4) is 0 Å². The van der Waals surface area contributed by atoms with Gasteiger partial charge in [-0.3, -0.25) is 0 Å². The molecule has 1 aromatic heterocycles. The van der Waals surface area contributed by atoms with Gasteiger partial charge >= 0.3 is 5.97 Å². The summed E-state index contributed by atoms with van der Waals surface area (Å²) in [6, 6.07) is 21.2. The zero-order valence-electron chi connectivity index (χ0n) is 18.8. The van der Waals surface area contributed by atoms with E-state index in [9.17, 15) is 9.18 Å². The molecule has 0 aliphatic rings. The van der Waals surface area contributed by atoms with Crippen molar-refractivity contribution in [3.63, 3.8) is 0 Å². The zero-order chi connectivity index (χ0) is 23.9. The number of hydroxylamine groups is 1. The van der Waals surface area contributed by atoms with E-state index in [0.29, 0.717) is 34.7 Å². The Hall–Kier alpha value is -4.17. The summed E-state index contributed by atoms with van der Waals surface area (Å²) in [5, 5.41) is 4.65. The van der Waals surface area contributed by atoms with Crippen LogP contribution in [0.1, 0.15) is 22.8 Å². The van der Waals surface area contributed by atoms with Crippen LogP contribution >= 0.6 is 0 Å². The molecule has 0 unspecified atom stereocenters. The van der Waals surface area contributed by atoms with Gasteiger partial charge in [0, 0.05) is 29.2 Å². The van der Waals surface area contributed by atoms with Gasteiger partial charge in [-0.1, -0.05) is 35.5 Å². The number of rotatable bonds is 9. The van der Waals surface area contributed by atoms with Gasteiger partial charge in [-0.05, 0) is 49.4 Å². The minimum atomic E-state index is -0.598. The van der Waals surface area contributed by atoms with Gasteiger partial charge in [0.1, 0.15) is 30.1 Å². The second kappa shape index (κ2) is 10.6. The van der Waals surface area contributed by atoms with Crippen LogP contribution in [0, 0.1) is 5.82 Å². The SMILES string of the molecule is CCNOC(=O)c1cn(C/C(=N\OC)c2cccc(Oc3ccccc3)c2)c2ccc(F)cc12. The summed E-state index contributed by atoms with van der Waals surface area (Å²) in [6.45, 7) is 2.52. The Labute approximate surface area is 196 Å². The Balaban J connectivity index is 1.67. The van der Waals surface area contributed by atoms with Crippen LogP contribution in [-0.4, -0.2) is 29.9 Å². The van der Waals surface area contributed by atoms with Gasteiger partial charge in [-0.25, -0.2) is 9.18 Å². The van der Waals surface area contributed by atoms with Crippen LogP contribution in [0.25, 0.3) is 10.9 Å². The third-order valence-electron chi connectivity index (χ3n) is 5.04. The quantitative estimate of drug-likeness (QED) is 0.270. The Morgan fingerprint density at radius 1 is 1.03 bits per heavy atom. The van der Waals surface area contributed by atoms with E-state index in [1.807, 2.05) is 54.6 Å². The van der Waals surface area contributed by atoms with Crippen LogP contribution in [0.2, 0.25) is 0 Å². The molecule has 0 spiro atoms. The number of hydrogen-bond donors (Lipinski definition) is 1. The van der Waals surface area contributed by atoms with Crippen molar-refractivity contribution in [2.24, 2.45) is 5.16 Å². The van der Waals surface area contributed by atoms with E-state index < -0.39 is 11.8 Å². The van der Waals surface area contributed by atoms with Crippen LogP contribution < -0.4 is 10.2 Å². The number of carbonyl (C=O) groups excluding carboxylic acids is 1. The number of oxime groups is 1. The van der Waals surface area contributed by atoms with Crippen molar-refractivity contribution >= 4 is 22.6 Å². The number of hydrogen-bond acceptors (Lipinski definition) is 6. The van der Waals surface area contributed by atoms with Crippen LogP contribution in [0.4, 0.5) is 4.39 Å². The fourth-order valence-electron chi connectivity index (χ4n) is 3.56. The van der Waals surface area contributed by atoms with Crippen molar-refractivity contribution < 1.29 is 23.6 Å². The number of benzene rings is 3. The lowest BCUT2D eigenvalue weighted by Gasteiger charge is -2.11. The summed E-state index contributed by atoms with van der Waals surface area (Å²) in [7, 11) is 1.46. The first-order valence-electron chi connectivity index (χ1n) is 10.7. The molecule has 0 aliphatic carbocycles. The summed E-state index contributed by atoms with van der Waals surface area (Å²) in [5.41, 5.74) is 4.81. The van der Waals surface area contributed by atoms with Crippen molar-refractivity contribution in [3.05, 3.63) is 95.9 Å². The van der Waals surface area contributed by atoms with Gasteiger partial charge in [-0.15, -0.1) is 0 Å². The van der Waals surface area contributed by atoms with E-state index in [0.717, 1.165) is 5.56 Å². The first-order chi connectivity index (χ1) is 16.6. The molecule has 0 fully saturated rings. The topological polar surface area (TPSA) is 74.1 Å². The number of aromatic nitrogens is 1. The molecule has 0 radical (unpaired) electrons. The lowest BCUT2D eigenvalue weighted by molar-refractivity contribution is 0.0268. The van der Waals surface area contributed by atoms with Gasteiger partial charge in [-0.2, -0.15) is 5.48 Å². The monoisotopic (exact) mass is 461 g/mol. The van der Waals surface area contributed by atoms with Gasteiger partial charge in [0.05, 0.1) is 12.1 Å². The zero-order valence-corrected chi connectivity index (χ0v) is 18.8. The Morgan fingerprint density at radius 3 is 2.59 bits per heavy atom. The molecule has 0 aliphatic heterocycles. The Bertz CT molecular complexity index is 1320. The molecular weight excluding hydrogens is 437 g/mol. The average molecular weight is 461 g/mol. The van der Waals surface area contributed by atoms with E-state index in [2.05, 4.69) is 10.6 Å². The first kappa shape index (κ1) is 23.0. The van der Waals surface area contributed by atoms with Gasteiger partial charge in [0.25, 0.3) is 0 Å². The lowest BCUT2D eigenvalue weighted by Crippen LogP contribution is -2.19. The molecule has 4 aromatic rings. The first-order valence-corrected chi connectivity index (χ1v) is 10.7. The second-order valence-corrected chi connectivity index (χ2v) is 7.38. The molecule has 0 atom stereocenters. The molecule has 3 aromatic carbocycles. The van der Waals surface area contributed by atoms with Crippen LogP contribution in [-0.2, 0) is 16.2 Å². The molecule has 0 saturated carbocycles. The number of carbonyl (C=O) groups is 1. The molecule has 7 nitrogen and oxygen atoms in total. The van der Waals surface area contributed by atoms with Gasteiger partial charge in [0.15, 0.2) is 0 Å². The van der Waals surface area contributed by atoms with Crippen molar-refractivity contribution in [2.75, 3.05) is 13.7 Å². The van der Waals surface area contributed by atoms with Crippen molar-refractivity contribution in [1.29, 1.82) is 0 Å². The number of fused-ring (bicyclic) bond motifs is 1. The predicted octanol–water partition coefficient (Wildman–Crippen LogP) is 5.30. The third-order valence-corrected chi connectivity index (χ3v) is 5.04. The fourth-order valence-corrected chi connectivity index (χ4v) is 3.56. The molecule has 174 valence electrons. The highest BCUT2D eigenvalue weighted by Crippen LogP contribution is 2.26. The highest BCUT2D eigenvalue weighted by Gasteiger charge is 2.19. The summed E-state index contributed by atoms with van der Waals surface area (Å²) in [5.74, 6) is 0.313. The molecule has 1 heterocycles. The number of para-hydroxylation sites is 1. The largest absolute Gasteiger partial charge is 0.457 e. The minimum Gasteiger partial charge on any atom is -0.457 e. The third kappa shape index (κ3) is 5.24. The minimum absolute atomic E-state index is 0.244. The second-order valence-electron chi connectivity index (χ2n) is 7.38. The van der Waals surface area contributed by atoms with Crippen molar-refractivity contribution in [1.82, 2.24) is 10.0 Å². The molecule has 0 bridgehead atoms. The van der Waals surface area contributed by atoms with Crippen LogP contribution in [0.15, 0.2) is 84.1 Å². The number of ether oxygens (including phenoxy) is 1. The van der Waals surface area contributed by atoms with E-state index >= 15 is 0 Å². The molecular formula is C26H24FN3O4. The molecule has 34 heavy (non-hydrogen) atoms. The summed E-state index contributed by atoms with van der Waals surface area (Å²) in [4.78, 5) is 22.7. The molecule has 1 N–H and O–H groups in total. The maximum absolute atomic E-state index is 14.0. The van der Waals surface area contributed by atoms with E-state index in [1.165, 1.54) is 19.2 Å². The van der Waals surface area contributed by atoms with E-state index in [-0.39, 0.29) is 12.1 Å². The average Bonchev–Trinajstić information content (AvgIpc) is 3.20. The Kier molecular flexibility index (Phi) is 7.19. The Morgan fingerprint density at radius 2 is 1.82 bits per heavy atom. The maximum atomic E-state index is 14.0. The van der Waals surface area contributed by atoms with Gasteiger partial charge in [0.2, 0.25) is 0 Å². The van der Waals surface area contributed by atoms with Gasteiger partial charge < -0.3 is 19.0 Å². The molecule has 8 heteroatoms. The van der Waals surface area contributed by atoms with E-state index in [1.54, 1.807) is 23.8 Å². The molecule has 4 rings (SSSR count). The lowest BCUT2D eigenvalue weighted by atomic mass is 10.1. The summed E-state index contributed by atoms with van der Waals surface area (Å²) >= 11 is 0. The molecule has 0 saturated heterocycles. The van der Waals surface area contributed by atoms with E-state index in [4.69, 9.17) is 14.4 Å². The smallest absolute Gasteiger partial charge is 0.359 e. The van der Waals surface area contributed by atoms with Crippen LogP contribution in [0.5, 0.6) is 11.5 Å². The number of nitrogens with one attached hydrogen (secondary N) is 1. The highest BCUT2D eigenvalue weighted by atomic mass is 19.1. The van der Waals surface area contributed by atoms with Crippen molar-refractivity contribution in [3.8, 4) is 11.5 Å². The standard InChI is InChI=1S/C26H24FN3O4/c1-3-28-34-26(31)23-16-30(25-13-12-19(27)15-22(23)25)17-24(29-32-2)18-8-7-11-21(14-18)33-20-9-5-4-6-10-20/h4-16,28H,3,17H2,1-2H3/b29-24+. The summed E-state index contributed by atoms with van der Waals surface area (Å²) in [6.07, 6.45) is 1.62.